The van der Waals surface area contributed by atoms with Gasteiger partial charge in [0.15, 0.2) is 11.5 Å². The Labute approximate surface area is 106 Å². The summed E-state index contributed by atoms with van der Waals surface area (Å²) >= 11 is 0. The number of hydrogen-bond acceptors (Lipinski definition) is 4. The normalized spacial score (nSPS) is 10.9. The highest BCUT2D eigenvalue weighted by Crippen LogP contribution is 2.28. The lowest BCUT2D eigenvalue weighted by Crippen LogP contribution is -2.33. The van der Waals surface area contributed by atoms with Gasteiger partial charge >= 0.3 is 7.12 Å². The number of benzene rings is 1. The van der Waals surface area contributed by atoms with Crippen LogP contribution in [0.3, 0.4) is 0 Å². The van der Waals surface area contributed by atoms with Crippen molar-refractivity contribution >= 4 is 12.6 Å². The molecule has 0 saturated heterocycles. The molecule has 0 amide bonds. The Morgan fingerprint density at radius 1 is 1.06 bits per heavy atom. The zero-order valence-corrected chi connectivity index (χ0v) is 11.0. The molecule has 0 bridgehead atoms. The maximum atomic E-state index is 13.4. The van der Waals surface area contributed by atoms with Crippen LogP contribution in [0.15, 0.2) is 12.1 Å². The second-order valence-corrected chi connectivity index (χ2v) is 4.53. The summed E-state index contributed by atoms with van der Waals surface area (Å²) in [4.78, 5) is 0. The van der Waals surface area contributed by atoms with Gasteiger partial charge in [-0.2, -0.15) is 0 Å². The van der Waals surface area contributed by atoms with Gasteiger partial charge in [-0.15, -0.1) is 0 Å². The first kappa shape index (κ1) is 14.8. The Morgan fingerprint density at radius 2 is 1.61 bits per heavy atom. The summed E-state index contributed by atoms with van der Waals surface area (Å²) in [6.07, 6.45) is -0.368. The van der Waals surface area contributed by atoms with Crippen LogP contribution >= 0.6 is 0 Å². The third kappa shape index (κ3) is 3.89. The van der Waals surface area contributed by atoms with E-state index in [1.165, 1.54) is 6.07 Å². The summed E-state index contributed by atoms with van der Waals surface area (Å²) in [6, 6.07) is 2.19. The van der Waals surface area contributed by atoms with Gasteiger partial charge in [-0.05, 0) is 33.8 Å². The molecular weight excluding hydrogens is 238 g/mol. The Bertz CT molecular complexity index is 407. The van der Waals surface area contributed by atoms with E-state index in [9.17, 15) is 14.4 Å². The van der Waals surface area contributed by atoms with Gasteiger partial charge < -0.3 is 19.5 Å². The van der Waals surface area contributed by atoms with Crippen LogP contribution in [0, 0.1) is 5.82 Å². The Balaban J connectivity index is 3.27. The van der Waals surface area contributed by atoms with E-state index >= 15 is 0 Å². The summed E-state index contributed by atoms with van der Waals surface area (Å²) in [5.74, 6) is -0.276. The Kier molecular flexibility index (Phi) is 4.98. The predicted molar refractivity (Wildman–Crippen MR) is 67.8 cm³/mol. The van der Waals surface area contributed by atoms with E-state index in [1.807, 2.05) is 0 Å². The largest absolute Gasteiger partial charge is 0.492 e. The maximum Gasteiger partial charge on any atom is 0.492 e. The molecule has 1 rings (SSSR count). The minimum Gasteiger partial charge on any atom is -0.487 e. The van der Waals surface area contributed by atoms with Crippen molar-refractivity contribution in [2.45, 2.75) is 39.9 Å². The van der Waals surface area contributed by atoms with E-state index in [1.54, 1.807) is 27.7 Å². The highest BCUT2D eigenvalue weighted by atomic mass is 19.1. The molecule has 0 aromatic heterocycles. The number of ether oxygens (including phenoxy) is 2. The molecule has 0 atom stereocenters. The molecule has 0 spiro atoms. The van der Waals surface area contributed by atoms with Gasteiger partial charge in [0.05, 0.1) is 12.2 Å². The third-order valence-electron chi connectivity index (χ3n) is 2.04. The van der Waals surface area contributed by atoms with Crippen LogP contribution in [-0.2, 0) is 0 Å². The molecule has 2 N–H and O–H groups in total. The molecule has 0 aliphatic heterocycles. The molecule has 0 unspecified atom stereocenters. The second kappa shape index (κ2) is 6.06. The van der Waals surface area contributed by atoms with Gasteiger partial charge in [0.2, 0.25) is 0 Å². The molecular formula is C12H18BFO4. The van der Waals surface area contributed by atoms with E-state index in [4.69, 9.17) is 9.47 Å². The number of halogens is 1. The van der Waals surface area contributed by atoms with Crippen LogP contribution in [-0.4, -0.2) is 29.4 Å². The molecule has 0 aliphatic carbocycles. The lowest BCUT2D eigenvalue weighted by Gasteiger charge is -2.20. The number of rotatable bonds is 5. The van der Waals surface area contributed by atoms with Crippen molar-refractivity contribution in [3.63, 3.8) is 0 Å². The molecule has 0 heterocycles. The SMILES string of the molecule is CC(C)Oc1cc(F)cc(B(O)O)c1OC(C)C. The first-order chi connectivity index (χ1) is 8.31. The summed E-state index contributed by atoms with van der Waals surface area (Å²) in [5, 5.41) is 18.5. The van der Waals surface area contributed by atoms with Crippen molar-refractivity contribution in [1.29, 1.82) is 0 Å². The summed E-state index contributed by atoms with van der Waals surface area (Å²) < 4.78 is 24.3. The summed E-state index contributed by atoms with van der Waals surface area (Å²) in [6.45, 7) is 7.16. The lowest BCUT2D eigenvalue weighted by atomic mass is 9.79. The minimum atomic E-state index is -1.82. The molecule has 0 aliphatic rings. The average Bonchev–Trinajstić information content (AvgIpc) is 2.19. The number of hydrogen-bond donors (Lipinski definition) is 2. The van der Waals surface area contributed by atoms with Crippen LogP contribution in [0.25, 0.3) is 0 Å². The van der Waals surface area contributed by atoms with E-state index in [0.29, 0.717) is 0 Å². The van der Waals surface area contributed by atoms with Gasteiger partial charge in [-0.1, -0.05) is 0 Å². The van der Waals surface area contributed by atoms with Crippen molar-refractivity contribution in [3.05, 3.63) is 17.9 Å². The highest BCUT2D eigenvalue weighted by molar-refractivity contribution is 6.59. The Morgan fingerprint density at radius 3 is 2.06 bits per heavy atom. The highest BCUT2D eigenvalue weighted by Gasteiger charge is 2.24. The zero-order chi connectivity index (χ0) is 13.9. The average molecular weight is 256 g/mol. The molecule has 0 radical (unpaired) electrons. The van der Waals surface area contributed by atoms with E-state index in [0.717, 1.165) is 6.07 Å². The molecule has 1 aromatic carbocycles. The van der Waals surface area contributed by atoms with Crippen molar-refractivity contribution < 1.29 is 23.9 Å². The first-order valence-corrected chi connectivity index (χ1v) is 5.84. The van der Waals surface area contributed by atoms with Crippen LogP contribution in [0.1, 0.15) is 27.7 Å². The molecule has 0 saturated carbocycles. The van der Waals surface area contributed by atoms with Gasteiger partial charge in [0.1, 0.15) is 5.82 Å². The van der Waals surface area contributed by atoms with Gasteiger partial charge in [0, 0.05) is 11.5 Å². The van der Waals surface area contributed by atoms with Crippen molar-refractivity contribution in [2.75, 3.05) is 0 Å². The van der Waals surface area contributed by atoms with Crippen molar-refractivity contribution in [2.24, 2.45) is 0 Å². The molecule has 0 fully saturated rings. The summed E-state index contributed by atoms with van der Waals surface area (Å²) in [5.41, 5.74) is -0.0423. The van der Waals surface area contributed by atoms with E-state index < -0.39 is 12.9 Å². The fourth-order valence-electron chi connectivity index (χ4n) is 1.48. The van der Waals surface area contributed by atoms with Crippen LogP contribution in [0.4, 0.5) is 4.39 Å². The molecule has 1 aromatic rings. The van der Waals surface area contributed by atoms with Gasteiger partial charge in [0.25, 0.3) is 0 Å². The second-order valence-electron chi connectivity index (χ2n) is 4.53. The standard InChI is InChI=1S/C12H18BFO4/c1-7(2)17-11-6-9(14)5-10(13(15)16)12(11)18-8(3)4/h5-8,15-16H,1-4H3. The van der Waals surface area contributed by atoms with Gasteiger partial charge in [-0.3, -0.25) is 0 Å². The monoisotopic (exact) mass is 256 g/mol. The molecule has 100 valence electrons. The van der Waals surface area contributed by atoms with E-state index in [2.05, 4.69) is 0 Å². The molecule has 18 heavy (non-hydrogen) atoms. The predicted octanol–water partition coefficient (Wildman–Crippen LogP) is 1.08. The van der Waals surface area contributed by atoms with Crippen LogP contribution in [0.2, 0.25) is 0 Å². The van der Waals surface area contributed by atoms with Crippen LogP contribution in [0.5, 0.6) is 11.5 Å². The molecule has 4 nitrogen and oxygen atoms in total. The zero-order valence-electron chi connectivity index (χ0n) is 11.0. The maximum absolute atomic E-state index is 13.4. The van der Waals surface area contributed by atoms with Gasteiger partial charge in [-0.25, -0.2) is 4.39 Å². The summed E-state index contributed by atoms with van der Waals surface area (Å²) in [7, 11) is -1.82. The topological polar surface area (TPSA) is 58.9 Å². The third-order valence-corrected chi connectivity index (χ3v) is 2.04. The minimum absolute atomic E-state index is 0.0423. The Hall–Kier alpha value is -1.27. The first-order valence-electron chi connectivity index (χ1n) is 5.84. The van der Waals surface area contributed by atoms with E-state index in [-0.39, 0.29) is 29.2 Å². The quantitative estimate of drug-likeness (QED) is 0.774. The molecule has 6 heteroatoms. The lowest BCUT2D eigenvalue weighted by molar-refractivity contribution is 0.199. The fourth-order valence-corrected chi connectivity index (χ4v) is 1.48. The fraction of sp³-hybridized carbons (Fsp3) is 0.500. The van der Waals surface area contributed by atoms with Crippen LogP contribution < -0.4 is 14.9 Å². The van der Waals surface area contributed by atoms with Crippen molar-refractivity contribution in [3.8, 4) is 11.5 Å². The smallest absolute Gasteiger partial charge is 0.487 e. The van der Waals surface area contributed by atoms with Crippen molar-refractivity contribution in [1.82, 2.24) is 0 Å².